The van der Waals surface area contributed by atoms with Gasteiger partial charge in [0.2, 0.25) is 0 Å². The molecule has 1 aliphatic heterocycles. The first-order chi connectivity index (χ1) is 9.16. The molecule has 1 aromatic rings. The highest BCUT2D eigenvalue weighted by molar-refractivity contribution is 5.74. The van der Waals surface area contributed by atoms with E-state index in [-0.39, 0.29) is 11.8 Å². The van der Waals surface area contributed by atoms with E-state index in [1.165, 1.54) is 12.8 Å². The van der Waals surface area contributed by atoms with Crippen molar-refractivity contribution in [2.24, 2.45) is 0 Å². The SMILES string of the molecule is Nc1ccc(O)c(CNC(=O)N2CCCCCC2)c1. The summed E-state index contributed by atoms with van der Waals surface area (Å²) in [5.41, 5.74) is 6.89. The van der Waals surface area contributed by atoms with Gasteiger partial charge in [0.15, 0.2) is 0 Å². The van der Waals surface area contributed by atoms with Crippen molar-refractivity contribution >= 4 is 11.7 Å². The molecule has 0 bridgehead atoms. The predicted molar refractivity (Wildman–Crippen MR) is 74.8 cm³/mol. The number of aromatic hydroxyl groups is 1. The number of nitrogens with one attached hydrogen (secondary N) is 1. The number of phenolic OH excluding ortho intramolecular Hbond substituents is 1. The molecule has 0 radical (unpaired) electrons. The molecule has 0 unspecified atom stereocenters. The van der Waals surface area contributed by atoms with Crippen LogP contribution in [0.15, 0.2) is 18.2 Å². The Labute approximate surface area is 113 Å². The highest BCUT2D eigenvalue weighted by Gasteiger charge is 2.15. The number of anilines is 1. The van der Waals surface area contributed by atoms with E-state index in [1.54, 1.807) is 18.2 Å². The lowest BCUT2D eigenvalue weighted by Gasteiger charge is -2.21. The van der Waals surface area contributed by atoms with E-state index in [0.717, 1.165) is 25.9 Å². The first kappa shape index (κ1) is 13.5. The van der Waals surface area contributed by atoms with Crippen LogP contribution >= 0.6 is 0 Å². The topological polar surface area (TPSA) is 78.6 Å². The number of nitrogens with zero attached hydrogens (tertiary/aromatic N) is 1. The third-order valence-corrected chi connectivity index (χ3v) is 3.43. The summed E-state index contributed by atoms with van der Waals surface area (Å²) in [6, 6.07) is 4.79. The Morgan fingerprint density at radius 2 is 1.95 bits per heavy atom. The molecule has 0 saturated carbocycles. The van der Waals surface area contributed by atoms with Gasteiger partial charge in [0, 0.05) is 30.9 Å². The summed E-state index contributed by atoms with van der Waals surface area (Å²) in [6.07, 6.45) is 4.52. The van der Waals surface area contributed by atoms with E-state index in [0.29, 0.717) is 17.8 Å². The smallest absolute Gasteiger partial charge is 0.317 e. The standard InChI is InChI=1S/C14H21N3O2/c15-12-5-6-13(18)11(9-12)10-16-14(19)17-7-3-1-2-4-8-17/h5-6,9,18H,1-4,7-8,10,15H2,(H,16,19). The highest BCUT2D eigenvalue weighted by Crippen LogP contribution is 2.19. The zero-order chi connectivity index (χ0) is 13.7. The van der Waals surface area contributed by atoms with Gasteiger partial charge >= 0.3 is 6.03 Å². The number of rotatable bonds is 2. The molecule has 0 aliphatic carbocycles. The van der Waals surface area contributed by atoms with Gasteiger partial charge in [0.05, 0.1) is 0 Å². The summed E-state index contributed by atoms with van der Waals surface area (Å²) >= 11 is 0. The van der Waals surface area contributed by atoms with Gasteiger partial charge in [-0.05, 0) is 31.0 Å². The van der Waals surface area contributed by atoms with Crippen molar-refractivity contribution in [1.82, 2.24) is 10.2 Å². The first-order valence-electron chi connectivity index (χ1n) is 6.77. The summed E-state index contributed by atoms with van der Waals surface area (Å²) in [7, 11) is 0. The van der Waals surface area contributed by atoms with Crippen LogP contribution in [-0.2, 0) is 6.54 Å². The van der Waals surface area contributed by atoms with Crippen LogP contribution in [0.3, 0.4) is 0 Å². The van der Waals surface area contributed by atoms with Crippen LogP contribution in [-0.4, -0.2) is 29.1 Å². The van der Waals surface area contributed by atoms with E-state index >= 15 is 0 Å². The summed E-state index contributed by atoms with van der Waals surface area (Å²) in [6.45, 7) is 1.93. The monoisotopic (exact) mass is 263 g/mol. The second-order valence-corrected chi connectivity index (χ2v) is 4.95. The Morgan fingerprint density at radius 1 is 1.26 bits per heavy atom. The lowest BCUT2D eigenvalue weighted by molar-refractivity contribution is 0.199. The minimum Gasteiger partial charge on any atom is -0.508 e. The Hall–Kier alpha value is -1.91. The minimum atomic E-state index is -0.0660. The van der Waals surface area contributed by atoms with Gasteiger partial charge in [0.25, 0.3) is 0 Å². The summed E-state index contributed by atoms with van der Waals surface area (Å²) in [4.78, 5) is 13.9. The normalized spacial score (nSPS) is 15.9. The van der Waals surface area contributed by atoms with Crippen LogP contribution in [0.1, 0.15) is 31.2 Å². The molecule has 0 spiro atoms. The van der Waals surface area contributed by atoms with E-state index in [4.69, 9.17) is 5.73 Å². The zero-order valence-electron chi connectivity index (χ0n) is 11.1. The fourth-order valence-corrected chi connectivity index (χ4v) is 2.30. The second-order valence-electron chi connectivity index (χ2n) is 4.95. The molecule has 4 N–H and O–H groups in total. The Morgan fingerprint density at radius 3 is 2.63 bits per heavy atom. The summed E-state index contributed by atoms with van der Waals surface area (Å²) in [5, 5.41) is 12.5. The molecule has 1 aliphatic rings. The van der Waals surface area contributed by atoms with Gasteiger partial charge in [-0.2, -0.15) is 0 Å². The number of carbonyl (C=O) groups is 1. The number of nitrogen functional groups attached to an aromatic ring is 1. The van der Waals surface area contributed by atoms with Crippen molar-refractivity contribution in [1.29, 1.82) is 0 Å². The van der Waals surface area contributed by atoms with Crippen LogP contribution in [0.4, 0.5) is 10.5 Å². The Balaban J connectivity index is 1.90. The fraction of sp³-hybridized carbons (Fsp3) is 0.500. The van der Waals surface area contributed by atoms with Crippen LogP contribution in [0.2, 0.25) is 0 Å². The summed E-state index contributed by atoms with van der Waals surface area (Å²) in [5.74, 6) is 0.158. The molecule has 1 fully saturated rings. The molecule has 2 amide bonds. The van der Waals surface area contributed by atoms with Gasteiger partial charge in [-0.1, -0.05) is 12.8 Å². The molecule has 5 heteroatoms. The molecule has 5 nitrogen and oxygen atoms in total. The number of benzene rings is 1. The quantitative estimate of drug-likeness (QED) is 0.564. The van der Waals surface area contributed by atoms with Crippen molar-refractivity contribution in [2.45, 2.75) is 32.2 Å². The van der Waals surface area contributed by atoms with E-state index in [2.05, 4.69) is 5.32 Å². The van der Waals surface area contributed by atoms with E-state index in [1.807, 2.05) is 4.90 Å². The lowest BCUT2D eigenvalue weighted by atomic mass is 10.2. The van der Waals surface area contributed by atoms with Crippen molar-refractivity contribution in [2.75, 3.05) is 18.8 Å². The number of hydrogen-bond donors (Lipinski definition) is 3. The number of amides is 2. The van der Waals surface area contributed by atoms with E-state index in [9.17, 15) is 9.90 Å². The largest absolute Gasteiger partial charge is 0.508 e. The summed E-state index contributed by atoms with van der Waals surface area (Å²) < 4.78 is 0. The molecule has 2 rings (SSSR count). The van der Waals surface area contributed by atoms with Gasteiger partial charge in [0.1, 0.15) is 5.75 Å². The van der Waals surface area contributed by atoms with Gasteiger partial charge in [-0.15, -0.1) is 0 Å². The van der Waals surface area contributed by atoms with Crippen LogP contribution in [0.25, 0.3) is 0 Å². The third kappa shape index (κ3) is 3.77. The van der Waals surface area contributed by atoms with Gasteiger partial charge in [-0.25, -0.2) is 4.79 Å². The lowest BCUT2D eigenvalue weighted by Crippen LogP contribution is -2.40. The molecule has 1 heterocycles. The average molecular weight is 263 g/mol. The van der Waals surface area contributed by atoms with Crippen molar-refractivity contribution in [3.8, 4) is 5.75 Å². The molecular weight excluding hydrogens is 242 g/mol. The predicted octanol–water partition coefficient (Wildman–Crippen LogP) is 2.06. The minimum absolute atomic E-state index is 0.0660. The van der Waals surface area contributed by atoms with Gasteiger partial charge < -0.3 is 21.1 Å². The van der Waals surface area contributed by atoms with Gasteiger partial charge in [-0.3, -0.25) is 0 Å². The number of hydrogen-bond acceptors (Lipinski definition) is 3. The Kier molecular flexibility index (Phi) is 4.49. The maximum Gasteiger partial charge on any atom is 0.317 e. The number of carbonyl (C=O) groups excluding carboxylic acids is 1. The molecule has 104 valence electrons. The number of likely N-dealkylation sites (tertiary alicyclic amines) is 1. The average Bonchev–Trinajstić information content (AvgIpc) is 2.68. The third-order valence-electron chi connectivity index (χ3n) is 3.43. The van der Waals surface area contributed by atoms with Crippen LogP contribution < -0.4 is 11.1 Å². The molecule has 1 aromatic carbocycles. The molecule has 19 heavy (non-hydrogen) atoms. The molecule has 0 aromatic heterocycles. The van der Waals surface area contributed by atoms with Crippen molar-refractivity contribution in [3.05, 3.63) is 23.8 Å². The highest BCUT2D eigenvalue weighted by atomic mass is 16.3. The van der Waals surface area contributed by atoms with Crippen LogP contribution in [0.5, 0.6) is 5.75 Å². The van der Waals surface area contributed by atoms with Crippen LogP contribution in [0, 0.1) is 0 Å². The molecular formula is C14H21N3O2. The first-order valence-corrected chi connectivity index (χ1v) is 6.77. The number of nitrogens with two attached hydrogens (primary N) is 1. The number of urea groups is 1. The second kappa shape index (κ2) is 6.31. The number of phenols is 1. The maximum atomic E-state index is 12.0. The fourth-order valence-electron chi connectivity index (χ4n) is 2.30. The maximum absolute atomic E-state index is 12.0. The van der Waals surface area contributed by atoms with E-state index < -0.39 is 0 Å². The Bertz CT molecular complexity index is 440. The molecule has 0 atom stereocenters. The zero-order valence-corrected chi connectivity index (χ0v) is 11.1. The van der Waals surface area contributed by atoms with Crippen molar-refractivity contribution in [3.63, 3.8) is 0 Å². The molecule has 1 saturated heterocycles. The van der Waals surface area contributed by atoms with Crippen molar-refractivity contribution < 1.29 is 9.90 Å².